The third kappa shape index (κ3) is 23.7. The van der Waals surface area contributed by atoms with Gasteiger partial charge in [-0.05, 0) is 215 Å². The highest BCUT2D eigenvalue weighted by atomic mass is 16.6. The van der Waals surface area contributed by atoms with Crippen LogP contribution in [0, 0.1) is 35.5 Å². The monoisotopic (exact) mass is 1240 g/mol. The van der Waals surface area contributed by atoms with E-state index in [4.69, 9.17) is 33.2 Å². The van der Waals surface area contributed by atoms with Gasteiger partial charge < -0.3 is 52.8 Å². The van der Waals surface area contributed by atoms with E-state index >= 15 is 0 Å². The topological polar surface area (TPSA) is 236 Å². The van der Waals surface area contributed by atoms with Crippen LogP contribution < -0.4 is 4.74 Å². The molecule has 0 spiro atoms. The average molecular weight is 1240 g/mol. The standard InChI is InChI=1S/C68H101N7O14/c1-63(2,3)84-57(77)53(49-19-22-73(41-49)60(80)87-66(10,11)12)30-44-27-46(36-69-34-44)33-56(76)72(40-48-28-45(35-70-38-48)31-54(58(78)85-64(4,5)6)50-20-23-74(42-50)61(81)88-67(13,14)15)25-26-83-52-29-47(37-71-39-52)32-55(59(79)86-65(7,8)9)51-21-24-75(43-51)62(82)89-68(16,17)18/h27-29,34-39,49-51,53-55H,19-26,30-33,40-43H2,1-18H3/t49-,50-,51-,53-,54-,55-/m0/s1. The summed E-state index contributed by atoms with van der Waals surface area (Å²) in [6, 6.07) is 5.64. The van der Waals surface area contributed by atoms with E-state index in [2.05, 4.69) is 15.0 Å². The van der Waals surface area contributed by atoms with Crippen molar-refractivity contribution in [1.29, 1.82) is 0 Å². The molecule has 21 heteroatoms. The minimum absolute atomic E-state index is 0.0427. The molecule has 0 saturated carbocycles. The van der Waals surface area contributed by atoms with E-state index in [1.165, 1.54) is 0 Å². The molecular formula is C68H101N7O14. The summed E-state index contributed by atoms with van der Waals surface area (Å²) in [5.41, 5.74) is -0.827. The van der Waals surface area contributed by atoms with Crippen LogP contribution in [0.15, 0.2) is 55.4 Å². The van der Waals surface area contributed by atoms with Crippen LogP contribution in [0.5, 0.6) is 5.75 Å². The normalized spacial score (nSPS) is 18.6. The van der Waals surface area contributed by atoms with Crippen LogP contribution in [-0.4, -0.2) is 163 Å². The maximum Gasteiger partial charge on any atom is 0.410 e. The Kier molecular flexibility index (Phi) is 23.4. The summed E-state index contributed by atoms with van der Waals surface area (Å²) in [6.45, 7) is 35.3. The highest BCUT2D eigenvalue weighted by molar-refractivity contribution is 5.79. The van der Waals surface area contributed by atoms with Crippen LogP contribution in [0.2, 0.25) is 0 Å². The van der Waals surface area contributed by atoms with E-state index < -0.39 is 69.6 Å². The number of amides is 4. The Morgan fingerprint density at radius 1 is 0.438 bits per heavy atom. The minimum Gasteiger partial charge on any atom is -0.490 e. The van der Waals surface area contributed by atoms with Gasteiger partial charge in [0.2, 0.25) is 5.91 Å². The zero-order valence-electron chi connectivity index (χ0n) is 56.3. The molecule has 0 N–H and O–H groups in total. The molecule has 3 aliphatic heterocycles. The third-order valence-corrected chi connectivity index (χ3v) is 15.0. The molecule has 3 fully saturated rings. The zero-order valence-corrected chi connectivity index (χ0v) is 56.3. The summed E-state index contributed by atoms with van der Waals surface area (Å²) >= 11 is 0. The van der Waals surface area contributed by atoms with Crippen molar-refractivity contribution in [3.05, 3.63) is 83.2 Å². The van der Waals surface area contributed by atoms with Crippen LogP contribution in [-0.2, 0) is 79.8 Å². The van der Waals surface area contributed by atoms with Gasteiger partial charge in [-0.2, -0.15) is 0 Å². The summed E-state index contributed by atoms with van der Waals surface area (Å²) in [6.07, 6.45) is 11.1. The number of esters is 3. The zero-order chi connectivity index (χ0) is 66.0. The summed E-state index contributed by atoms with van der Waals surface area (Å²) in [5.74, 6) is -3.47. The van der Waals surface area contributed by atoms with E-state index in [-0.39, 0.29) is 86.9 Å². The van der Waals surface area contributed by atoms with Gasteiger partial charge in [0.25, 0.3) is 0 Å². The second kappa shape index (κ2) is 29.3. The molecule has 3 saturated heterocycles. The van der Waals surface area contributed by atoms with Crippen LogP contribution in [0.4, 0.5) is 14.4 Å². The fraction of sp³-hybridized carbons (Fsp3) is 0.676. The Hall–Kier alpha value is -7.06. The second-order valence-corrected chi connectivity index (χ2v) is 30.2. The van der Waals surface area contributed by atoms with E-state index in [0.717, 1.165) is 16.7 Å². The fourth-order valence-corrected chi connectivity index (χ4v) is 11.3. The summed E-state index contributed by atoms with van der Waals surface area (Å²) in [4.78, 5) is 117. The molecule has 492 valence electrons. The first kappa shape index (κ1) is 71.0. The first-order chi connectivity index (χ1) is 41.1. The molecule has 6 rings (SSSR count). The number of hydrogen-bond donors (Lipinski definition) is 0. The maximum absolute atomic E-state index is 14.9. The number of ether oxygens (including phenoxy) is 7. The summed E-state index contributed by atoms with van der Waals surface area (Å²) in [5, 5.41) is 0. The average Bonchev–Trinajstić information content (AvgIpc) is 3.02. The lowest BCUT2D eigenvalue weighted by Gasteiger charge is -2.28. The molecular weight excluding hydrogens is 1140 g/mol. The van der Waals surface area contributed by atoms with Crippen molar-refractivity contribution in [2.75, 3.05) is 52.4 Å². The summed E-state index contributed by atoms with van der Waals surface area (Å²) < 4.78 is 41.3. The van der Waals surface area contributed by atoms with Crippen LogP contribution in [0.25, 0.3) is 0 Å². The number of hydrogen-bond acceptors (Lipinski definition) is 17. The van der Waals surface area contributed by atoms with Crippen molar-refractivity contribution in [3.63, 3.8) is 0 Å². The molecule has 6 atom stereocenters. The van der Waals surface area contributed by atoms with Crippen LogP contribution in [0.1, 0.15) is 172 Å². The van der Waals surface area contributed by atoms with Gasteiger partial charge in [-0.25, -0.2) is 14.4 Å². The van der Waals surface area contributed by atoms with Gasteiger partial charge in [-0.15, -0.1) is 0 Å². The predicted octanol–water partition coefficient (Wildman–Crippen LogP) is 10.8. The number of rotatable bonds is 20. The van der Waals surface area contributed by atoms with Gasteiger partial charge in [0, 0.05) is 76.8 Å². The fourth-order valence-electron chi connectivity index (χ4n) is 11.3. The number of carbonyl (C=O) groups is 7. The van der Waals surface area contributed by atoms with Crippen molar-refractivity contribution < 1.29 is 66.7 Å². The van der Waals surface area contributed by atoms with Crippen molar-refractivity contribution >= 4 is 42.1 Å². The molecule has 0 aromatic carbocycles. The molecule has 0 unspecified atom stereocenters. The minimum atomic E-state index is -0.764. The highest BCUT2D eigenvalue weighted by Crippen LogP contribution is 2.35. The molecule has 89 heavy (non-hydrogen) atoms. The molecule has 3 aromatic heterocycles. The van der Waals surface area contributed by atoms with E-state index in [0.29, 0.717) is 75.4 Å². The number of nitrogens with zero attached hydrogens (tertiary/aromatic N) is 7. The van der Waals surface area contributed by atoms with Crippen molar-refractivity contribution in [3.8, 4) is 5.75 Å². The van der Waals surface area contributed by atoms with E-state index in [1.54, 1.807) is 56.8 Å². The second-order valence-electron chi connectivity index (χ2n) is 30.2. The van der Waals surface area contributed by atoms with Gasteiger partial charge in [-0.3, -0.25) is 34.1 Å². The first-order valence-electron chi connectivity index (χ1n) is 31.5. The van der Waals surface area contributed by atoms with Gasteiger partial charge in [0.1, 0.15) is 46.0 Å². The Morgan fingerprint density at radius 3 is 1.11 bits per heavy atom. The van der Waals surface area contributed by atoms with E-state index in [9.17, 15) is 33.6 Å². The molecule has 0 radical (unpaired) electrons. The molecule has 3 aromatic rings. The lowest BCUT2D eigenvalue weighted by atomic mass is 9.86. The molecule has 3 aliphatic rings. The van der Waals surface area contributed by atoms with Gasteiger partial charge in [0.05, 0.1) is 36.9 Å². The van der Waals surface area contributed by atoms with Crippen molar-refractivity contribution in [1.82, 2.24) is 34.6 Å². The SMILES string of the molecule is CC(C)(C)OC(=O)[C@@H](Cc1cncc(CC(=O)N(CCOc2cncc(C[C@H](C(=O)OC(C)(C)C)[C@H]3CCN(C(=O)OC(C)(C)C)C3)c2)Cc2cncc(C[C@H](C(=O)OC(C)(C)C)[C@H]3CCN(C(=O)OC(C)(C)C)C3)c2)c1)[C@H]1CCN(C(=O)OC(C)(C)C)C1. The smallest absolute Gasteiger partial charge is 0.410 e. The van der Waals surface area contributed by atoms with Gasteiger partial charge in [-0.1, -0.05) is 12.1 Å². The summed E-state index contributed by atoms with van der Waals surface area (Å²) in [7, 11) is 0. The Bertz CT molecular complexity index is 2950. The van der Waals surface area contributed by atoms with E-state index in [1.807, 2.05) is 143 Å². The number of pyridine rings is 3. The predicted molar refractivity (Wildman–Crippen MR) is 334 cm³/mol. The molecule has 0 bridgehead atoms. The van der Waals surface area contributed by atoms with Crippen molar-refractivity contribution in [2.45, 2.75) is 210 Å². The molecule has 6 heterocycles. The highest BCUT2D eigenvalue weighted by Gasteiger charge is 2.43. The molecule has 4 amide bonds. The number of aromatic nitrogens is 3. The lowest BCUT2D eigenvalue weighted by Crippen LogP contribution is -2.38. The number of likely N-dealkylation sites (tertiary alicyclic amines) is 3. The third-order valence-electron chi connectivity index (χ3n) is 15.0. The first-order valence-corrected chi connectivity index (χ1v) is 31.5. The molecule has 21 nitrogen and oxygen atoms in total. The van der Waals surface area contributed by atoms with Gasteiger partial charge >= 0.3 is 36.2 Å². The Balaban J connectivity index is 1.25. The Labute approximate surface area is 527 Å². The van der Waals surface area contributed by atoms with Crippen LogP contribution in [0.3, 0.4) is 0 Å². The number of carbonyl (C=O) groups excluding carboxylic acids is 7. The quantitative estimate of drug-likeness (QED) is 0.0755. The maximum atomic E-state index is 14.9. The largest absolute Gasteiger partial charge is 0.490 e. The molecule has 0 aliphatic carbocycles. The van der Waals surface area contributed by atoms with Gasteiger partial charge in [0.15, 0.2) is 0 Å². The van der Waals surface area contributed by atoms with Crippen molar-refractivity contribution in [2.24, 2.45) is 35.5 Å². The van der Waals surface area contributed by atoms with Crippen LogP contribution >= 0.6 is 0 Å². The Morgan fingerprint density at radius 2 is 0.753 bits per heavy atom. The lowest BCUT2D eigenvalue weighted by molar-refractivity contribution is -0.163.